The zero-order valence-electron chi connectivity index (χ0n) is 17.2. The van der Waals surface area contributed by atoms with Gasteiger partial charge in [-0.15, -0.1) is 0 Å². The molecule has 6 heteroatoms. The molecule has 1 aromatic carbocycles. The third-order valence-corrected chi connectivity index (χ3v) is 4.81. The van der Waals surface area contributed by atoms with Gasteiger partial charge in [-0.3, -0.25) is 19.4 Å². The van der Waals surface area contributed by atoms with E-state index in [1.54, 1.807) is 0 Å². The highest BCUT2D eigenvalue weighted by molar-refractivity contribution is 5.92. The van der Waals surface area contributed by atoms with Gasteiger partial charge >= 0.3 is 0 Å². The van der Waals surface area contributed by atoms with Crippen molar-refractivity contribution in [3.05, 3.63) is 29.8 Å². The lowest BCUT2D eigenvalue weighted by atomic mass is 9.87. The first-order chi connectivity index (χ1) is 12.8. The summed E-state index contributed by atoms with van der Waals surface area (Å²) in [6.07, 6.45) is 0.952. The van der Waals surface area contributed by atoms with Crippen LogP contribution in [-0.4, -0.2) is 67.4 Å². The molecule has 1 fully saturated rings. The minimum atomic E-state index is 0.00708. The molecule has 1 aliphatic heterocycles. The quantitative estimate of drug-likeness (QED) is 0.767. The molecule has 2 rings (SSSR count). The van der Waals surface area contributed by atoms with Crippen LogP contribution in [0.4, 0.5) is 5.69 Å². The van der Waals surface area contributed by atoms with Gasteiger partial charge in [-0.05, 0) is 29.5 Å². The van der Waals surface area contributed by atoms with E-state index in [2.05, 4.69) is 53.3 Å². The van der Waals surface area contributed by atoms with Crippen molar-refractivity contribution >= 4 is 17.5 Å². The van der Waals surface area contributed by atoms with E-state index < -0.39 is 0 Å². The lowest BCUT2D eigenvalue weighted by Crippen LogP contribution is -2.51. The fraction of sp³-hybridized carbons (Fsp3) is 0.619. The summed E-state index contributed by atoms with van der Waals surface area (Å²) in [6.45, 7) is 13.4. The first-order valence-corrected chi connectivity index (χ1v) is 9.89. The maximum Gasteiger partial charge on any atom is 0.238 e. The van der Waals surface area contributed by atoms with Crippen molar-refractivity contribution in [3.63, 3.8) is 0 Å². The predicted molar refractivity (Wildman–Crippen MR) is 110 cm³/mol. The van der Waals surface area contributed by atoms with Gasteiger partial charge in [0.25, 0.3) is 0 Å². The fourth-order valence-corrected chi connectivity index (χ4v) is 3.09. The second-order valence-electron chi connectivity index (χ2n) is 8.28. The van der Waals surface area contributed by atoms with Crippen molar-refractivity contribution in [2.45, 2.75) is 39.5 Å². The highest BCUT2D eigenvalue weighted by Gasteiger charge is 2.20. The van der Waals surface area contributed by atoms with Crippen LogP contribution in [0.1, 0.15) is 39.7 Å². The van der Waals surface area contributed by atoms with Crippen LogP contribution >= 0.6 is 0 Å². The van der Waals surface area contributed by atoms with Gasteiger partial charge in [-0.1, -0.05) is 39.8 Å². The molecular formula is C21H34N4O2. The zero-order valence-corrected chi connectivity index (χ0v) is 17.2. The summed E-state index contributed by atoms with van der Waals surface area (Å²) in [5.41, 5.74) is 2.19. The first-order valence-electron chi connectivity index (χ1n) is 9.89. The van der Waals surface area contributed by atoms with E-state index >= 15 is 0 Å². The second-order valence-corrected chi connectivity index (χ2v) is 8.28. The van der Waals surface area contributed by atoms with E-state index in [1.807, 2.05) is 19.1 Å². The van der Waals surface area contributed by atoms with Gasteiger partial charge < -0.3 is 10.6 Å². The molecule has 1 aromatic rings. The number of hydrogen-bond donors (Lipinski definition) is 2. The highest BCUT2D eigenvalue weighted by atomic mass is 16.2. The Morgan fingerprint density at radius 3 is 1.93 bits per heavy atom. The van der Waals surface area contributed by atoms with Crippen LogP contribution in [0.15, 0.2) is 24.3 Å². The molecule has 0 bridgehead atoms. The lowest BCUT2D eigenvalue weighted by molar-refractivity contribution is -0.123. The van der Waals surface area contributed by atoms with Crippen LogP contribution in [0.2, 0.25) is 0 Å². The molecule has 6 nitrogen and oxygen atoms in total. The van der Waals surface area contributed by atoms with Gasteiger partial charge in [0, 0.05) is 38.4 Å². The molecule has 150 valence electrons. The number of hydrogen-bond acceptors (Lipinski definition) is 4. The molecule has 1 saturated heterocycles. The van der Waals surface area contributed by atoms with E-state index in [0.29, 0.717) is 13.1 Å². The number of piperazine rings is 1. The molecule has 0 spiro atoms. The van der Waals surface area contributed by atoms with Crippen LogP contribution in [-0.2, 0) is 15.0 Å². The Kier molecular flexibility index (Phi) is 7.80. The summed E-state index contributed by atoms with van der Waals surface area (Å²) >= 11 is 0. The van der Waals surface area contributed by atoms with Crippen molar-refractivity contribution in [1.82, 2.24) is 15.1 Å². The molecule has 27 heavy (non-hydrogen) atoms. The molecule has 1 heterocycles. The molecule has 0 unspecified atom stereocenters. The van der Waals surface area contributed by atoms with Gasteiger partial charge in [0.2, 0.25) is 11.8 Å². The van der Waals surface area contributed by atoms with Gasteiger partial charge in [-0.2, -0.15) is 0 Å². The summed E-state index contributed by atoms with van der Waals surface area (Å²) in [5.74, 6) is 0.0920. The maximum atomic E-state index is 12.3. The van der Waals surface area contributed by atoms with Gasteiger partial charge in [0.1, 0.15) is 0 Å². The molecule has 2 N–H and O–H groups in total. The zero-order chi connectivity index (χ0) is 19.9. The topological polar surface area (TPSA) is 64.7 Å². The molecule has 0 saturated carbocycles. The molecule has 2 amide bonds. The van der Waals surface area contributed by atoms with Crippen molar-refractivity contribution in [1.29, 1.82) is 0 Å². The number of carbonyl (C=O) groups excluding carboxylic acids is 2. The third kappa shape index (κ3) is 7.31. The number of rotatable bonds is 7. The second kappa shape index (κ2) is 9.85. The van der Waals surface area contributed by atoms with Crippen LogP contribution in [0.3, 0.4) is 0 Å². The van der Waals surface area contributed by atoms with Crippen LogP contribution in [0.25, 0.3) is 0 Å². The van der Waals surface area contributed by atoms with Gasteiger partial charge in [-0.25, -0.2) is 0 Å². The predicted octanol–water partition coefficient (Wildman–Crippen LogP) is 2.07. The average molecular weight is 375 g/mol. The number of amides is 2. The molecular weight excluding hydrogens is 340 g/mol. The molecule has 0 aromatic heterocycles. The molecule has 1 aliphatic rings. The summed E-state index contributed by atoms with van der Waals surface area (Å²) in [6, 6.07) is 8.06. The Balaban J connectivity index is 1.72. The number of anilines is 1. The SMILES string of the molecule is CCCNC(=O)CN1CCN(CC(=O)Nc2ccc(C(C)(C)C)cc2)CC1. The smallest absolute Gasteiger partial charge is 0.238 e. The number of nitrogens with zero attached hydrogens (tertiary/aromatic N) is 2. The lowest BCUT2D eigenvalue weighted by Gasteiger charge is -2.33. The van der Waals surface area contributed by atoms with E-state index in [-0.39, 0.29) is 17.2 Å². The number of carbonyl (C=O) groups is 2. The summed E-state index contributed by atoms with van der Waals surface area (Å²) in [4.78, 5) is 28.4. The Morgan fingerprint density at radius 1 is 0.926 bits per heavy atom. The Bertz CT molecular complexity index is 614. The standard InChI is InChI=1S/C21H34N4O2/c1-5-10-22-19(26)15-24-11-13-25(14-12-24)16-20(27)23-18-8-6-17(7-9-18)21(2,3)4/h6-9H,5,10-16H2,1-4H3,(H,22,26)(H,23,27). The Labute approximate surface area is 163 Å². The van der Waals surface area contributed by atoms with Crippen LogP contribution < -0.4 is 10.6 Å². The normalized spacial score (nSPS) is 16.1. The first kappa shape index (κ1) is 21.4. The van der Waals surface area contributed by atoms with Crippen molar-refractivity contribution in [2.75, 3.05) is 51.1 Å². The number of benzene rings is 1. The largest absolute Gasteiger partial charge is 0.355 e. The monoisotopic (exact) mass is 374 g/mol. The van der Waals surface area contributed by atoms with Crippen LogP contribution in [0, 0.1) is 0 Å². The van der Waals surface area contributed by atoms with E-state index in [0.717, 1.165) is 44.8 Å². The summed E-state index contributed by atoms with van der Waals surface area (Å²) < 4.78 is 0. The molecule has 0 aliphatic carbocycles. The minimum Gasteiger partial charge on any atom is -0.355 e. The van der Waals surface area contributed by atoms with Crippen molar-refractivity contribution in [2.24, 2.45) is 0 Å². The van der Waals surface area contributed by atoms with Crippen molar-refractivity contribution in [3.8, 4) is 0 Å². The Morgan fingerprint density at radius 2 is 1.44 bits per heavy atom. The van der Waals surface area contributed by atoms with Crippen molar-refractivity contribution < 1.29 is 9.59 Å². The molecule has 0 radical (unpaired) electrons. The molecule has 0 atom stereocenters. The van der Waals surface area contributed by atoms with Crippen LogP contribution in [0.5, 0.6) is 0 Å². The third-order valence-electron chi connectivity index (χ3n) is 4.81. The highest BCUT2D eigenvalue weighted by Crippen LogP contribution is 2.23. The number of nitrogens with one attached hydrogen (secondary N) is 2. The minimum absolute atomic E-state index is 0.00708. The van der Waals surface area contributed by atoms with E-state index in [1.165, 1.54) is 5.56 Å². The van der Waals surface area contributed by atoms with E-state index in [9.17, 15) is 9.59 Å². The average Bonchev–Trinajstić information content (AvgIpc) is 2.61. The van der Waals surface area contributed by atoms with E-state index in [4.69, 9.17) is 0 Å². The maximum absolute atomic E-state index is 12.3. The van der Waals surface area contributed by atoms with Gasteiger partial charge in [0.15, 0.2) is 0 Å². The summed E-state index contributed by atoms with van der Waals surface area (Å²) in [5, 5.41) is 5.88. The van der Waals surface area contributed by atoms with Gasteiger partial charge in [0.05, 0.1) is 13.1 Å². The fourth-order valence-electron chi connectivity index (χ4n) is 3.09. The summed E-state index contributed by atoms with van der Waals surface area (Å²) in [7, 11) is 0. The Hall–Kier alpha value is -1.92.